The summed E-state index contributed by atoms with van der Waals surface area (Å²) in [5.74, 6) is -0.324. The number of rotatable bonds is 3. The van der Waals surface area contributed by atoms with Crippen LogP contribution >= 0.6 is 0 Å². The maximum Gasteiger partial charge on any atom is 0.416 e. The number of ketones is 1. The van der Waals surface area contributed by atoms with Gasteiger partial charge in [-0.2, -0.15) is 18.4 Å². The Bertz CT molecular complexity index is 1300. The molecule has 11 heteroatoms. The molecule has 0 spiro atoms. The van der Waals surface area contributed by atoms with E-state index in [9.17, 15) is 31.2 Å². The van der Waals surface area contributed by atoms with Crippen LogP contribution in [0.4, 0.5) is 18.0 Å². The van der Waals surface area contributed by atoms with E-state index in [1.54, 1.807) is 0 Å². The Morgan fingerprint density at radius 2 is 1.94 bits per heavy atom. The predicted octanol–water partition coefficient (Wildman–Crippen LogP) is 3.46. The molecule has 172 valence electrons. The minimum atomic E-state index is -4.58. The molecule has 3 aliphatic rings. The second-order valence-corrected chi connectivity index (χ2v) is 9.98. The van der Waals surface area contributed by atoms with E-state index < -0.39 is 39.7 Å². The molecule has 2 atom stereocenters. The van der Waals surface area contributed by atoms with Crippen molar-refractivity contribution >= 4 is 21.7 Å². The van der Waals surface area contributed by atoms with E-state index in [1.165, 1.54) is 24.3 Å². The lowest BCUT2D eigenvalue weighted by atomic mass is 9.92. The molecule has 1 aromatic rings. The number of halogens is 3. The number of nitrogens with one attached hydrogen (secondary N) is 1. The van der Waals surface area contributed by atoms with Gasteiger partial charge in [0.1, 0.15) is 0 Å². The minimum absolute atomic E-state index is 0.0511. The number of nitrogens with zero attached hydrogens (tertiary/aromatic N) is 2. The molecular weight excluding hydrogens is 459 g/mol. The SMILES string of the molecule is CS(=O)(=O)c1cc(C#N)ccc1C1NC(=O)N(C2C=C(C(F)(F)F)C=CC2)C2=C1C(=O)CC2. The van der Waals surface area contributed by atoms with Crippen LogP contribution in [0.2, 0.25) is 0 Å². The highest BCUT2D eigenvalue weighted by atomic mass is 32.2. The van der Waals surface area contributed by atoms with E-state index in [2.05, 4.69) is 5.32 Å². The van der Waals surface area contributed by atoms with Gasteiger partial charge in [0, 0.05) is 23.9 Å². The summed E-state index contributed by atoms with van der Waals surface area (Å²) in [5.41, 5.74) is -0.223. The van der Waals surface area contributed by atoms with Crippen LogP contribution < -0.4 is 5.32 Å². The molecule has 0 bridgehead atoms. The van der Waals surface area contributed by atoms with Gasteiger partial charge in [-0.15, -0.1) is 0 Å². The summed E-state index contributed by atoms with van der Waals surface area (Å²) >= 11 is 0. The molecule has 0 radical (unpaired) electrons. The number of urea groups is 1. The van der Waals surface area contributed by atoms with Crippen molar-refractivity contribution in [2.24, 2.45) is 0 Å². The second kappa shape index (κ2) is 7.88. The van der Waals surface area contributed by atoms with Crippen LogP contribution in [0.3, 0.4) is 0 Å². The molecule has 4 rings (SSSR count). The summed E-state index contributed by atoms with van der Waals surface area (Å²) < 4.78 is 64.5. The summed E-state index contributed by atoms with van der Waals surface area (Å²) in [4.78, 5) is 26.8. The third kappa shape index (κ3) is 4.06. The van der Waals surface area contributed by atoms with Gasteiger partial charge in [-0.1, -0.05) is 18.2 Å². The zero-order valence-electron chi connectivity index (χ0n) is 17.3. The molecular formula is C22H18F3N3O4S. The molecule has 7 nitrogen and oxygen atoms in total. The van der Waals surface area contributed by atoms with E-state index in [4.69, 9.17) is 5.26 Å². The zero-order chi connectivity index (χ0) is 24.1. The van der Waals surface area contributed by atoms with Crippen molar-refractivity contribution in [1.29, 1.82) is 5.26 Å². The van der Waals surface area contributed by atoms with Gasteiger partial charge in [-0.25, -0.2) is 13.2 Å². The number of Topliss-reactive ketones (excluding diaryl/α,β-unsaturated/α-hetero) is 1. The van der Waals surface area contributed by atoms with Crippen molar-refractivity contribution in [2.75, 3.05) is 6.26 Å². The lowest BCUT2D eigenvalue weighted by molar-refractivity contribution is -0.115. The van der Waals surface area contributed by atoms with E-state index >= 15 is 0 Å². The molecule has 0 fully saturated rings. The topological polar surface area (TPSA) is 107 Å². The number of nitriles is 1. The summed E-state index contributed by atoms with van der Waals surface area (Å²) in [6, 6.07) is 3.02. The fourth-order valence-electron chi connectivity index (χ4n) is 4.41. The molecule has 1 aromatic carbocycles. The first-order chi connectivity index (χ1) is 15.4. The maximum absolute atomic E-state index is 13.2. The summed E-state index contributed by atoms with van der Waals surface area (Å²) in [5, 5.41) is 11.8. The Morgan fingerprint density at radius 1 is 1.21 bits per heavy atom. The molecule has 2 aliphatic carbocycles. The van der Waals surface area contributed by atoms with E-state index in [1.807, 2.05) is 6.07 Å². The maximum atomic E-state index is 13.2. The Hall–Kier alpha value is -3.39. The first-order valence-electron chi connectivity index (χ1n) is 9.97. The minimum Gasteiger partial charge on any atom is -0.327 e. The lowest BCUT2D eigenvalue weighted by Gasteiger charge is -2.39. The van der Waals surface area contributed by atoms with Crippen LogP contribution in [-0.4, -0.2) is 43.6 Å². The summed E-state index contributed by atoms with van der Waals surface area (Å²) in [6.07, 6.45) is -0.0662. The van der Waals surface area contributed by atoms with E-state index in [0.717, 1.165) is 23.3 Å². The molecule has 1 heterocycles. The predicted molar refractivity (Wildman–Crippen MR) is 110 cm³/mol. The number of hydrogen-bond acceptors (Lipinski definition) is 5. The van der Waals surface area contributed by atoms with Gasteiger partial charge < -0.3 is 5.32 Å². The van der Waals surface area contributed by atoms with Crippen molar-refractivity contribution in [3.05, 3.63) is 64.4 Å². The number of alkyl halides is 3. The highest BCUT2D eigenvalue weighted by Crippen LogP contribution is 2.42. The van der Waals surface area contributed by atoms with Gasteiger partial charge in [0.15, 0.2) is 15.6 Å². The van der Waals surface area contributed by atoms with Crippen LogP contribution in [0.1, 0.15) is 36.4 Å². The highest BCUT2D eigenvalue weighted by Gasteiger charge is 2.44. The number of hydrogen-bond donors (Lipinski definition) is 1. The molecule has 0 saturated carbocycles. The molecule has 2 unspecified atom stereocenters. The number of amides is 2. The Morgan fingerprint density at radius 3 is 2.58 bits per heavy atom. The first-order valence-corrected chi connectivity index (χ1v) is 11.9. The summed E-state index contributed by atoms with van der Waals surface area (Å²) in [6.45, 7) is 0. The van der Waals surface area contributed by atoms with Crippen LogP contribution in [0.15, 0.2) is 58.2 Å². The van der Waals surface area contributed by atoms with Gasteiger partial charge in [-0.3, -0.25) is 9.69 Å². The van der Waals surface area contributed by atoms with E-state index in [0.29, 0.717) is 0 Å². The number of sulfone groups is 1. The largest absolute Gasteiger partial charge is 0.416 e. The lowest BCUT2D eigenvalue weighted by Crippen LogP contribution is -2.51. The third-order valence-corrected chi connectivity index (χ3v) is 6.98. The quantitative estimate of drug-likeness (QED) is 0.718. The van der Waals surface area contributed by atoms with Crippen LogP contribution in [-0.2, 0) is 14.6 Å². The fraction of sp³-hybridized carbons (Fsp3) is 0.318. The van der Waals surface area contributed by atoms with Crippen LogP contribution in [0.5, 0.6) is 0 Å². The molecule has 1 N–H and O–H groups in total. The van der Waals surface area contributed by atoms with Gasteiger partial charge >= 0.3 is 12.2 Å². The van der Waals surface area contributed by atoms with Crippen molar-refractivity contribution < 1.29 is 31.2 Å². The van der Waals surface area contributed by atoms with Gasteiger partial charge in [0.05, 0.1) is 34.2 Å². The van der Waals surface area contributed by atoms with Crippen molar-refractivity contribution in [2.45, 2.75) is 42.4 Å². The number of carbonyl (C=O) groups is 2. The second-order valence-electron chi connectivity index (χ2n) is 8.00. The first kappa shape index (κ1) is 22.8. The van der Waals surface area contributed by atoms with Crippen molar-refractivity contribution in [3.63, 3.8) is 0 Å². The summed E-state index contributed by atoms with van der Waals surface area (Å²) in [7, 11) is -3.83. The van der Waals surface area contributed by atoms with Crippen LogP contribution in [0.25, 0.3) is 0 Å². The monoisotopic (exact) mass is 477 g/mol. The third-order valence-electron chi connectivity index (χ3n) is 5.83. The van der Waals surface area contributed by atoms with Crippen LogP contribution in [0, 0.1) is 11.3 Å². The standard InChI is InChI=1S/C22H18F3N3O4S/c1-33(31,32)18-9-12(11-26)5-6-15(18)20-19-16(7-8-17(19)29)28(21(30)27-20)14-4-2-3-13(10-14)22(23,24)25/h2-3,5-6,9-10,14,20H,4,7-8H2,1H3,(H,27,30). The molecule has 33 heavy (non-hydrogen) atoms. The number of allylic oxidation sites excluding steroid dienone is 3. The number of carbonyl (C=O) groups excluding carboxylic acids is 2. The van der Waals surface area contributed by atoms with Gasteiger partial charge in [0.25, 0.3) is 0 Å². The fourth-order valence-corrected chi connectivity index (χ4v) is 5.36. The molecule has 0 aromatic heterocycles. The Balaban J connectivity index is 1.84. The van der Waals surface area contributed by atoms with Gasteiger partial charge in [0.2, 0.25) is 0 Å². The van der Waals surface area contributed by atoms with E-state index in [-0.39, 0.29) is 52.3 Å². The smallest absolute Gasteiger partial charge is 0.327 e. The zero-order valence-corrected chi connectivity index (χ0v) is 18.1. The average Bonchev–Trinajstić information content (AvgIpc) is 3.13. The molecule has 1 aliphatic heterocycles. The number of benzene rings is 1. The van der Waals surface area contributed by atoms with Gasteiger partial charge in [-0.05, 0) is 36.6 Å². The Labute approximate surface area is 187 Å². The highest BCUT2D eigenvalue weighted by molar-refractivity contribution is 7.90. The molecule has 2 amide bonds. The van der Waals surface area contributed by atoms with Crippen molar-refractivity contribution in [1.82, 2.24) is 10.2 Å². The average molecular weight is 477 g/mol. The molecule has 0 saturated heterocycles. The van der Waals surface area contributed by atoms with Crippen molar-refractivity contribution in [3.8, 4) is 6.07 Å². The Kier molecular flexibility index (Phi) is 5.44. The normalized spacial score (nSPS) is 23.2.